The molecule has 3 nitrogen and oxygen atoms in total. The van der Waals surface area contributed by atoms with Crippen molar-refractivity contribution in [1.82, 2.24) is 0 Å². The van der Waals surface area contributed by atoms with Crippen molar-refractivity contribution in [2.45, 2.75) is 46.1 Å². The van der Waals surface area contributed by atoms with Gasteiger partial charge in [-0.2, -0.15) is 0 Å². The van der Waals surface area contributed by atoms with E-state index in [-0.39, 0.29) is 5.97 Å². The highest BCUT2D eigenvalue weighted by Gasteiger charge is 2.32. The Bertz CT molecular complexity index is 482. The third-order valence-electron chi connectivity index (χ3n) is 4.08. The minimum absolute atomic E-state index is 0.281. The third kappa shape index (κ3) is 3.53. The lowest BCUT2D eigenvalue weighted by Gasteiger charge is -2.39. The molecule has 0 aliphatic heterocycles. The Morgan fingerprint density at radius 2 is 2.00 bits per heavy atom. The summed E-state index contributed by atoms with van der Waals surface area (Å²) in [6.07, 6.45) is 3.55. The highest BCUT2D eigenvalue weighted by molar-refractivity contribution is 5.95. The third-order valence-corrected chi connectivity index (χ3v) is 4.08. The molecule has 0 amide bonds. The molecule has 0 saturated heterocycles. The highest BCUT2D eigenvalue weighted by Crippen LogP contribution is 2.39. The van der Waals surface area contributed by atoms with Gasteiger partial charge < -0.3 is 10.1 Å². The number of esters is 1. The molecule has 3 heteroatoms. The van der Waals surface area contributed by atoms with E-state index in [1.807, 2.05) is 24.3 Å². The second-order valence-electron chi connectivity index (χ2n) is 6.79. The maximum absolute atomic E-state index is 11.8. The summed E-state index contributed by atoms with van der Waals surface area (Å²) in [6.45, 7) is 6.95. The quantitative estimate of drug-likeness (QED) is 0.844. The van der Waals surface area contributed by atoms with Gasteiger partial charge in [0.05, 0.1) is 12.7 Å². The Hall–Kier alpha value is -1.51. The van der Waals surface area contributed by atoms with Crippen LogP contribution >= 0.6 is 0 Å². The van der Waals surface area contributed by atoms with Gasteiger partial charge in [0.15, 0.2) is 0 Å². The molecule has 0 bridgehead atoms. The lowest BCUT2D eigenvalue weighted by molar-refractivity contribution is 0.0601. The van der Waals surface area contributed by atoms with E-state index in [1.165, 1.54) is 13.5 Å². The van der Waals surface area contributed by atoms with Gasteiger partial charge in [0.1, 0.15) is 0 Å². The second-order valence-corrected chi connectivity index (χ2v) is 6.79. The van der Waals surface area contributed by atoms with Crippen LogP contribution in [0, 0.1) is 11.3 Å². The summed E-state index contributed by atoms with van der Waals surface area (Å²) in [5.74, 6) is 0.428. The van der Waals surface area contributed by atoms with E-state index < -0.39 is 0 Å². The average Bonchev–Trinajstić information content (AvgIpc) is 2.36. The molecule has 1 aliphatic carbocycles. The van der Waals surface area contributed by atoms with Crippen molar-refractivity contribution >= 4 is 11.7 Å². The lowest BCUT2D eigenvalue weighted by Crippen LogP contribution is -2.35. The molecule has 0 radical (unpaired) electrons. The molecular formula is C17H25NO2. The van der Waals surface area contributed by atoms with E-state index in [9.17, 15) is 4.79 Å². The van der Waals surface area contributed by atoms with E-state index >= 15 is 0 Å². The fourth-order valence-electron chi connectivity index (χ4n) is 3.57. The molecule has 2 rings (SSSR count). The summed E-state index contributed by atoms with van der Waals surface area (Å²) in [7, 11) is 1.42. The van der Waals surface area contributed by atoms with Crippen LogP contribution in [0.25, 0.3) is 0 Å². The summed E-state index contributed by atoms with van der Waals surface area (Å²) < 4.78 is 4.85. The fourth-order valence-corrected chi connectivity index (χ4v) is 3.57. The first-order valence-corrected chi connectivity index (χ1v) is 7.35. The van der Waals surface area contributed by atoms with Crippen LogP contribution in [-0.4, -0.2) is 19.1 Å². The molecule has 1 aromatic rings. The van der Waals surface area contributed by atoms with Crippen molar-refractivity contribution in [3.63, 3.8) is 0 Å². The van der Waals surface area contributed by atoms with E-state index in [4.69, 9.17) is 4.74 Å². The topological polar surface area (TPSA) is 38.3 Å². The molecule has 110 valence electrons. The average molecular weight is 275 g/mol. The molecule has 0 aromatic heterocycles. The van der Waals surface area contributed by atoms with Crippen LogP contribution in [-0.2, 0) is 4.74 Å². The molecule has 2 atom stereocenters. The second kappa shape index (κ2) is 5.86. The fraction of sp³-hybridized carbons (Fsp3) is 0.588. The van der Waals surface area contributed by atoms with Crippen molar-refractivity contribution in [1.29, 1.82) is 0 Å². The number of rotatable bonds is 3. The standard InChI is InChI=1S/C17H25NO2/c1-12-9-13(11-17(2,3)10-12)18-15-8-6-5-7-14(15)16(19)20-4/h5-8,12-13,18H,9-11H2,1-4H3. The number of hydrogen-bond acceptors (Lipinski definition) is 3. The van der Waals surface area contributed by atoms with Gasteiger partial charge in [0.2, 0.25) is 0 Å². The maximum atomic E-state index is 11.8. The minimum atomic E-state index is -0.281. The van der Waals surface area contributed by atoms with Crippen LogP contribution in [0.2, 0.25) is 0 Å². The minimum Gasteiger partial charge on any atom is -0.465 e. The number of carbonyl (C=O) groups is 1. The van der Waals surface area contributed by atoms with Crippen molar-refractivity contribution in [3.05, 3.63) is 29.8 Å². The first kappa shape index (κ1) is 14.9. The van der Waals surface area contributed by atoms with Gasteiger partial charge in [0.25, 0.3) is 0 Å². The summed E-state index contributed by atoms with van der Waals surface area (Å²) in [5.41, 5.74) is 1.86. The Balaban J connectivity index is 2.16. The Labute approximate surface area is 121 Å². The normalized spacial score (nSPS) is 25.0. The van der Waals surface area contributed by atoms with Crippen molar-refractivity contribution in [3.8, 4) is 0 Å². The smallest absolute Gasteiger partial charge is 0.339 e. The van der Waals surface area contributed by atoms with E-state index in [0.29, 0.717) is 22.9 Å². The van der Waals surface area contributed by atoms with E-state index in [1.54, 1.807) is 0 Å². The van der Waals surface area contributed by atoms with Crippen LogP contribution in [0.4, 0.5) is 5.69 Å². The molecular weight excluding hydrogens is 250 g/mol. The molecule has 2 unspecified atom stereocenters. The number of anilines is 1. The summed E-state index contributed by atoms with van der Waals surface area (Å²) in [4.78, 5) is 11.8. The number of nitrogens with one attached hydrogen (secondary N) is 1. The lowest BCUT2D eigenvalue weighted by atomic mass is 9.70. The Kier molecular flexibility index (Phi) is 4.36. The summed E-state index contributed by atoms with van der Waals surface area (Å²) in [6, 6.07) is 8.00. The molecule has 1 aromatic carbocycles. The molecule has 1 saturated carbocycles. The number of ether oxygens (including phenoxy) is 1. The molecule has 0 spiro atoms. The van der Waals surface area contributed by atoms with Crippen LogP contribution in [0.15, 0.2) is 24.3 Å². The highest BCUT2D eigenvalue weighted by atomic mass is 16.5. The summed E-state index contributed by atoms with van der Waals surface area (Å²) in [5, 5.41) is 3.55. The van der Waals surface area contributed by atoms with E-state index in [2.05, 4.69) is 26.1 Å². The Morgan fingerprint density at radius 1 is 1.30 bits per heavy atom. The Morgan fingerprint density at radius 3 is 2.65 bits per heavy atom. The van der Waals surface area contributed by atoms with Crippen LogP contribution in [0.1, 0.15) is 50.4 Å². The first-order chi connectivity index (χ1) is 9.41. The number of methoxy groups -OCH3 is 1. The predicted octanol–water partition coefficient (Wildman–Crippen LogP) is 4.10. The molecule has 1 fully saturated rings. The van der Waals surface area contributed by atoms with E-state index in [0.717, 1.165) is 18.5 Å². The largest absolute Gasteiger partial charge is 0.465 e. The van der Waals surface area contributed by atoms with Crippen LogP contribution < -0.4 is 5.32 Å². The van der Waals surface area contributed by atoms with Crippen molar-refractivity contribution < 1.29 is 9.53 Å². The van der Waals surface area contributed by atoms with Gasteiger partial charge in [-0.1, -0.05) is 32.9 Å². The summed E-state index contributed by atoms with van der Waals surface area (Å²) >= 11 is 0. The molecule has 0 heterocycles. The number of carbonyl (C=O) groups excluding carboxylic acids is 1. The monoisotopic (exact) mass is 275 g/mol. The number of para-hydroxylation sites is 1. The molecule has 1 aliphatic rings. The van der Waals surface area contributed by atoms with Crippen molar-refractivity contribution in [2.75, 3.05) is 12.4 Å². The maximum Gasteiger partial charge on any atom is 0.339 e. The zero-order valence-electron chi connectivity index (χ0n) is 12.9. The SMILES string of the molecule is COC(=O)c1ccccc1NC1CC(C)CC(C)(C)C1. The number of benzene rings is 1. The zero-order valence-corrected chi connectivity index (χ0v) is 12.9. The van der Waals surface area contributed by atoms with Gasteiger partial charge in [-0.25, -0.2) is 4.79 Å². The van der Waals surface area contributed by atoms with Crippen LogP contribution in [0.5, 0.6) is 0 Å². The van der Waals surface area contributed by atoms with Gasteiger partial charge in [0, 0.05) is 11.7 Å². The van der Waals surface area contributed by atoms with Gasteiger partial charge in [-0.3, -0.25) is 0 Å². The molecule has 1 N–H and O–H groups in total. The van der Waals surface area contributed by atoms with Gasteiger partial charge >= 0.3 is 5.97 Å². The molecule has 20 heavy (non-hydrogen) atoms. The van der Waals surface area contributed by atoms with Crippen LogP contribution in [0.3, 0.4) is 0 Å². The zero-order chi connectivity index (χ0) is 14.8. The van der Waals surface area contributed by atoms with Crippen molar-refractivity contribution in [2.24, 2.45) is 11.3 Å². The number of hydrogen-bond donors (Lipinski definition) is 1. The van der Waals surface area contributed by atoms with Gasteiger partial charge in [-0.15, -0.1) is 0 Å². The van der Waals surface area contributed by atoms with Gasteiger partial charge in [-0.05, 0) is 42.7 Å². The first-order valence-electron chi connectivity index (χ1n) is 7.35. The predicted molar refractivity (Wildman–Crippen MR) is 82.0 cm³/mol.